The van der Waals surface area contributed by atoms with Crippen LogP contribution in [0.4, 0.5) is 18.9 Å². The number of carboxylic acid groups (broad SMARTS) is 1. The average molecular weight is 513 g/mol. The predicted molar refractivity (Wildman–Crippen MR) is 122 cm³/mol. The molecule has 0 aromatic heterocycles. The molecular formula is C23H22F3NO7S. The molecule has 12 heteroatoms. The molecule has 0 unspecified atom stereocenters. The van der Waals surface area contributed by atoms with Crippen molar-refractivity contribution in [2.24, 2.45) is 0 Å². The van der Waals surface area contributed by atoms with E-state index in [0.717, 1.165) is 11.1 Å². The van der Waals surface area contributed by atoms with Gasteiger partial charge in [0.15, 0.2) is 9.84 Å². The number of esters is 1. The number of benzene rings is 3. The van der Waals surface area contributed by atoms with E-state index < -0.39 is 28.0 Å². The lowest BCUT2D eigenvalue weighted by Crippen LogP contribution is -2.21. The maximum Gasteiger partial charge on any atom is 0.490 e. The molecule has 8 nitrogen and oxygen atoms in total. The van der Waals surface area contributed by atoms with E-state index >= 15 is 0 Å². The summed E-state index contributed by atoms with van der Waals surface area (Å²) in [6.07, 6.45) is -5.08. The average Bonchev–Trinajstić information content (AvgIpc) is 2.77. The summed E-state index contributed by atoms with van der Waals surface area (Å²) in [4.78, 5) is 22.6. The first-order valence-corrected chi connectivity index (χ1v) is 11.5. The molecule has 0 aliphatic rings. The van der Waals surface area contributed by atoms with Crippen molar-refractivity contribution >= 4 is 38.2 Å². The second-order valence-electron chi connectivity index (χ2n) is 7.43. The number of hydrogen-bond donors (Lipinski definition) is 2. The van der Waals surface area contributed by atoms with Crippen LogP contribution in [-0.4, -0.2) is 58.0 Å². The third kappa shape index (κ3) is 6.63. The van der Waals surface area contributed by atoms with Gasteiger partial charge in [0.05, 0.1) is 17.8 Å². The van der Waals surface area contributed by atoms with Crippen LogP contribution in [0.15, 0.2) is 59.5 Å². The Bertz CT molecular complexity index is 1350. The van der Waals surface area contributed by atoms with Crippen molar-refractivity contribution < 1.29 is 46.1 Å². The molecule has 0 atom stereocenters. The number of methoxy groups -OCH3 is 1. The largest absolute Gasteiger partial charge is 0.507 e. The highest BCUT2D eigenvalue weighted by atomic mass is 32.2. The van der Waals surface area contributed by atoms with Gasteiger partial charge in [-0.1, -0.05) is 30.3 Å². The zero-order valence-corrected chi connectivity index (χ0v) is 19.6. The van der Waals surface area contributed by atoms with Crippen molar-refractivity contribution in [3.8, 4) is 5.75 Å². The molecule has 0 fully saturated rings. The Morgan fingerprint density at radius 2 is 1.57 bits per heavy atom. The number of phenols is 1. The summed E-state index contributed by atoms with van der Waals surface area (Å²) < 4.78 is 62.5. The molecule has 0 bridgehead atoms. The molecule has 2 N–H and O–H groups in total. The lowest BCUT2D eigenvalue weighted by molar-refractivity contribution is -0.192. The molecule has 188 valence electrons. The van der Waals surface area contributed by atoms with Crippen LogP contribution in [0, 0.1) is 0 Å². The number of carboxylic acids is 1. The standard InChI is InChI=1S/C21H21NO5S.C2HF3O2/c1-22(2)18-8-4-7-16-15(18)6-5-9-20(16)28(25,26)13-14-10-11-17(19(23)12-14)21(24)27-3;3-2(4,5)1(6)7/h4-12,23H,13H2,1-3H3;(H,6,7). The molecule has 0 spiro atoms. The monoisotopic (exact) mass is 513 g/mol. The van der Waals surface area contributed by atoms with E-state index in [0.29, 0.717) is 10.9 Å². The number of aromatic hydroxyl groups is 1. The zero-order valence-electron chi connectivity index (χ0n) is 18.8. The van der Waals surface area contributed by atoms with E-state index in [4.69, 9.17) is 9.90 Å². The van der Waals surface area contributed by atoms with Crippen LogP contribution in [0.2, 0.25) is 0 Å². The number of carbonyl (C=O) groups excluding carboxylic acids is 1. The lowest BCUT2D eigenvalue weighted by Gasteiger charge is -2.17. The maximum absolute atomic E-state index is 13.1. The molecule has 0 radical (unpaired) electrons. The van der Waals surface area contributed by atoms with Crippen LogP contribution < -0.4 is 4.90 Å². The Hall–Kier alpha value is -3.80. The fourth-order valence-electron chi connectivity index (χ4n) is 3.17. The highest BCUT2D eigenvalue weighted by molar-refractivity contribution is 7.90. The van der Waals surface area contributed by atoms with Crippen molar-refractivity contribution in [2.45, 2.75) is 16.8 Å². The Morgan fingerprint density at radius 1 is 1.00 bits per heavy atom. The summed E-state index contributed by atoms with van der Waals surface area (Å²) in [6, 6.07) is 14.9. The van der Waals surface area contributed by atoms with Gasteiger partial charge in [0.1, 0.15) is 11.3 Å². The van der Waals surface area contributed by atoms with Gasteiger partial charge in [-0.3, -0.25) is 0 Å². The number of ether oxygens (including phenoxy) is 1. The highest BCUT2D eigenvalue weighted by Crippen LogP contribution is 2.32. The molecule has 0 saturated carbocycles. The molecule has 35 heavy (non-hydrogen) atoms. The number of alkyl halides is 3. The smallest absolute Gasteiger partial charge is 0.490 e. The number of aliphatic carboxylic acids is 1. The van der Waals surface area contributed by atoms with Crippen LogP contribution in [0.25, 0.3) is 10.8 Å². The summed E-state index contributed by atoms with van der Waals surface area (Å²) in [7, 11) is 1.34. The quantitative estimate of drug-likeness (QED) is 0.491. The van der Waals surface area contributed by atoms with Crippen molar-refractivity contribution in [1.82, 2.24) is 0 Å². The third-order valence-corrected chi connectivity index (χ3v) is 6.48. The molecule has 0 amide bonds. The van der Waals surface area contributed by atoms with Crippen LogP contribution in [0.5, 0.6) is 5.75 Å². The molecule has 3 rings (SSSR count). The Morgan fingerprint density at radius 3 is 2.09 bits per heavy atom. The highest BCUT2D eigenvalue weighted by Gasteiger charge is 2.38. The van der Waals surface area contributed by atoms with Gasteiger partial charge in [-0.25, -0.2) is 18.0 Å². The summed E-state index contributed by atoms with van der Waals surface area (Å²) in [5.74, 6) is -4.05. The minimum atomic E-state index is -5.08. The van der Waals surface area contributed by atoms with Gasteiger partial charge in [-0.15, -0.1) is 0 Å². The van der Waals surface area contributed by atoms with Gasteiger partial charge in [0.2, 0.25) is 0 Å². The van der Waals surface area contributed by atoms with Gasteiger partial charge >= 0.3 is 18.1 Å². The van der Waals surface area contributed by atoms with Crippen molar-refractivity contribution in [3.63, 3.8) is 0 Å². The zero-order chi connectivity index (χ0) is 26.6. The summed E-state index contributed by atoms with van der Waals surface area (Å²) in [5, 5.41) is 18.6. The second-order valence-corrected chi connectivity index (χ2v) is 9.39. The number of nitrogens with zero attached hydrogens (tertiary/aromatic N) is 1. The maximum atomic E-state index is 13.1. The minimum Gasteiger partial charge on any atom is -0.507 e. The van der Waals surface area contributed by atoms with Gasteiger partial charge in [0, 0.05) is 30.6 Å². The van der Waals surface area contributed by atoms with E-state index in [1.807, 2.05) is 37.2 Å². The Labute approximate surface area is 199 Å². The second kappa shape index (κ2) is 10.6. The summed E-state index contributed by atoms with van der Waals surface area (Å²) in [6.45, 7) is 0. The van der Waals surface area contributed by atoms with Crippen LogP contribution in [0.3, 0.4) is 0 Å². The van der Waals surface area contributed by atoms with E-state index in [1.165, 1.54) is 25.3 Å². The first kappa shape index (κ1) is 27.4. The van der Waals surface area contributed by atoms with Crippen LogP contribution in [0.1, 0.15) is 15.9 Å². The number of rotatable bonds is 5. The predicted octanol–water partition coefficient (Wildman–Crippen LogP) is 4.01. The van der Waals surface area contributed by atoms with Crippen LogP contribution in [-0.2, 0) is 25.1 Å². The Balaban J connectivity index is 0.000000540. The van der Waals surface area contributed by atoms with Gasteiger partial charge in [-0.05, 0) is 29.8 Å². The molecular weight excluding hydrogens is 491 g/mol. The number of sulfone groups is 1. The van der Waals surface area contributed by atoms with Crippen molar-refractivity contribution in [1.29, 1.82) is 0 Å². The van der Waals surface area contributed by atoms with Gasteiger partial charge in [0.25, 0.3) is 0 Å². The number of anilines is 1. The minimum absolute atomic E-state index is 0.00978. The number of fused-ring (bicyclic) bond motifs is 1. The molecule has 0 aliphatic carbocycles. The fraction of sp³-hybridized carbons (Fsp3) is 0.217. The summed E-state index contributed by atoms with van der Waals surface area (Å²) >= 11 is 0. The number of hydrogen-bond acceptors (Lipinski definition) is 7. The van der Waals surface area contributed by atoms with Crippen molar-refractivity contribution in [2.75, 3.05) is 26.1 Å². The van der Waals surface area contributed by atoms with Crippen molar-refractivity contribution in [3.05, 3.63) is 65.7 Å². The molecule has 0 aliphatic heterocycles. The third-order valence-electron chi connectivity index (χ3n) is 4.74. The van der Waals surface area contributed by atoms with E-state index in [2.05, 4.69) is 4.74 Å². The van der Waals surface area contributed by atoms with Gasteiger partial charge in [-0.2, -0.15) is 13.2 Å². The number of halogens is 3. The summed E-state index contributed by atoms with van der Waals surface area (Å²) in [5.41, 5.74) is 1.30. The van der Waals surface area contributed by atoms with E-state index in [1.54, 1.807) is 18.2 Å². The van der Waals surface area contributed by atoms with Gasteiger partial charge < -0.3 is 19.8 Å². The normalized spacial score (nSPS) is 11.4. The molecule has 0 saturated heterocycles. The number of carbonyl (C=O) groups is 2. The van der Waals surface area contributed by atoms with E-state index in [9.17, 15) is 31.5 Å². The molecule has 3 aromatic carbocycles. The molecule has 3 aromatic rings. The number of phenolic OH excluding ortho intramolecular Hbond substituents is 1. The van der Waals surface area contributed by atoms with E-state index in [-0.39, 0.29) is 22.0 Å². The first-order chi connectivity index (χ1) is 16.2. The SMILES string of the molecule is COC(=O)c1ccc(CS(=O)(=O)c2cccc3c(N(C)C)cccc23)cc1O.O=C(O)C(F)(F)F. The lowest BCUT2D eigenvalue weighted by atomic mass is 10.1. The van der Waals surface area contributed by atoms with Crippen LogP contribution >= 0.6 is 0 Å². The first-order valence-electron chi connectivity index (χ1n) is 9.81. The Kier molecular flexibility index (Phi) is 8.34. The molecule has 0 heterocycles. The fourth-order valence-corrected chi connectivity index (χ4v) is 4.75. The topological polar surface area (TPSA) is 121 Å².